The summed E-state index contributed by atoms with van der Waals surface area (Å²) < 4.78 is 11.1. The zero-order valence-corrected chi connectivity index (χ0v) is 15.9. The van der Waals surface area contributed by atoms with E-state index in [1.54, 1.807) is 6.07 Å². The lowest BCUT2D eigenvalue weighted by Crippen LogP contribution is -2.05. The van der Waals surface area contributed by atoms with Crippen LogP contribution in [0.15, 0.2) is 65.2 Å². The van der Waals surface area contributed by atoms with Gasteiger partial charge in [-0.2, -0.15) is 4.98 Å². The van der Waals surface area contributed by atoms with Crippen LogP contribution in [0.1, 0.15) is 25.3 Å². The van der Waals surface area contributed by atoms with Gasteiger partial charge in [-0.25, -0.2) is 0 Å². The van der Waals surface area contributed by atoms with Gasteiger partial charge in [-0.3, -0.25) is 0 Å². The standard InChI is InChI=1S/C22H19ClN2O2/c1-14(2)26-20-11-10-17(12-19(20)23)22-24-21(27-25-22)13-16-8-5-7-15-6-3-4-9-18(15)16/h3-12,14H,13H2,1-2H3. The molecule has 1 heterocycles. The van der Waals surface area contributed by atoms with Crippen molar-refractivity contribution in [1.82, 2.24) is 10.1 Å². The average Bonchev–Trinajstić information content (AvgIpc) is 3.12. The Morgan fingerprint density at radius 1 is 1.04 bits per heavy atom. The van der Waals surface area contributed by atoms with Crippen LogP contribution in [0.25, 0.3) is 22.2 Å². The smallest absolute Gasteiger partial charge is 0.231 e. The Bertz CT molecular complexity index is 1080. The number of fused-ring (bicyclic) bond motifs is 1. The molecule has 136 valence electrons. The van der Waals surface area contributed by atoms with Gasteiger partial charge in [0.2, 0.25) is 11.7 Å². The Morgan fingerprint density at radius 3 is 2.67 bits per heavy atom. The molecule has 0 bridgehead atoms. The molecule has 0 saturated heterocycles. The summed E-state index contributed by atoms with van der Waals surface area (Å²) in [5.74, 6) is 1.73. The first-order chi connectivity index (χ1) is 13.1. The summed E-state index contributed by atoms with van der Waals surface area (Å²) in [6.45, 7) is 3.92. The van der Waals surface area contributed by atoms with Gasteiger partial charge < -0.3 is 9.26 Å². The number of halogens is 1. The lowest BCUT2D eigenvalue weighted by atomic mass is 10.0. The van der Waals surface area contributed by atoms with Crippen molar-refractivity contribution in [2.24, 2.45) is 0 Å². The molecule has 0 saturated carbocycles. The number of ether oxygens (including phenoxy) is 1. The summed E-state index contributed by atoms with van der Waals surface area (Å²) in [5.41, 5.74) is 1.95. The number of hydrogen-bond acceptors (Lipinski definition) is 4. The highest BCUT2D eigenvalue weighted by atomic mass is 35.5. The highest BCUT2D eigenvalue weighted by Gasteiger charge is 2.13. The second kappa shape index (κ2) is 7.41. The summed E-state index contributed by atoms with van der Waals surface area (Å²) in [6, 6.07) is 20.0. The molecule has 5 heteroatoms. The number of hydrogen-bond donors (Lipinski definition) is 0. The first-order valence-corrected chi connectivity index (χ1v) is 9.24. The zero-order valence-electron chi connectivity index (χ0n) is 15.1. The Labute approximate surface area is 162 Å². The number of nitrogens with zero attached hydrogens (tertiary/aromatic N) is 2. The van der Waals surface area contributed by atoms with Gasteiger partial charge in [-0.1, -0.05) is 59.2 Å². The Balaban J connectivity index is 1.59. The minimum absolute atomic E-state index is 0.0609. The van der Waals surface area contributed by atoms with Crippen LogP contribution in [-0.4, -0.2) is 16.2 Å². The minimum Gasteiger partial charge on any atom is -0.489 e. The fourth-order valence-electron chi connectivity index (χ4n) is 3.04. The molecule has 4 nitrogen and oxygen atoms in total. The third-order valence-electron chi connectivity index (χ3n) is 4.24. The number of aromatic nitrogens is 2. The van der Waals surface area contributed by atoms with Crippen molar-refractivity contribution < 1.29 is 9.26 Å². The van der Waals surface area contributed by atoms with Gasteiger partial charge in [0.25, 0.3) is 0 Å². The van der Waals surface area contributed by atoms with Gasteiger partial charge >= 0.3 is 0 Å². The van der Waals surface area contributed by atoms with Gasteiger partial charge in [0.05, 0.1) is 17.5 Å². The average molecular weight is 379 g/mol. The maximum atomic E-state index is 6.31. The van der Waals surface area contributed by atoms with Crippen molar-refractivity contribution in [3.05, 3.63) is 77.1 Å². The van der Waals surface area contributed by atoms with E-state index in [4.69, 9.17) is 20.9 Å². The number of rotatable bonds is 5. The fraction of sp³-hybridized carbons (Fsp3) is 0.182. The SMILES string of the molecule is CC(C)Oc1ccc(-c2noc(Cc3cccc4ccccc34)n2)cc1Cl. The Hall–Kier alpha value is -2.85. The molecule has 27 heavy (non-hydrogen) atoms. The molecule has 0 aliphatic rings. The molecule has 0 spiro atoms. The Kier molecular flexibility index (Phi) is 4.82. The van der Waals surface area contributed by atoms with Gasteiger partial charge in [-0.15, -0.1) is 0 Å². The van der Waals surface area contributed by atoms with Crippen LogP contribution in [0, 0.1) is 0 Å². The summed E-state index contributed by atoms with van der Waals surface area (Å²) in [5, 5.41) is 7.03. The maximum absolute atomic E-state index is 6.31. The van der Waals surface area contributed by atoms with Crippen LogP contribution in [0.5, 0.6) is 5.75 Å². The van der Waals surface area contributed by atoms with Crippen molar-refractivity contribution in [3.63, 3.8) is 0 Å². The van der Waals surface area contributed by atoms with Crippen LogP contribution in [0.4, 0.5) is 0 Å². The van der Waals surface area contributed by atoms with Gasteiger partial charge in [0.15, 0.2) is 0 Å². The summed E-state index contributed by atoms with van der Waals surface area (Å²) in [6.07, 6.45) is 0.641. The molecule has 0 N–H and O–H groups in total. The van der Waals surface area contributed by atoms with Gasteiger partial charge in [-0.05, 0) is 48.4 Å². The molecular formula is C22H19ClN2O2. The minimum atomic E-state index is 0.0609. The predicted octanol–water partition coefficient (Wildman–Crippen LogP) is 5.92. The van der Waals surface area contributed by atoms with Gasteiger partial charge in [0, 0.05) is 5.56 Å². The maximum Gasteiger partial charge on any atom is 0.231 e. The molecule has 4 rings (SSSR count). The van der Waals surface area contributed by atoms with Crippen LogP contribution < -0.4 is 4.74 Å². The molecule has 0 fully saturated rings. The summed E-state index contributed by atoms with van der Waals surface area (Å²) in [7, 11) is 0. The van der Waals surface area contributed by atoms with Crippen molar-refractivity contribution in [2.75, 3.05) is 0 Å². The van der Waals surface area contributed by atoms with Crippen molar-refractivity contribution in [3.8, 4) is 17.1 Å². The van der Waals surface area contributed by atoms with E-state index < -0.39 is 0 Å². The third kappa shape index (κ3) is 3.81. The summed E-state index contributed by atoms with van der Waals surface area (Å²) in [4.78, 5) is 4.54. The lowest BCUT2D eigenvalue weighted by molar-refractivity contribution is 0.242. The molecule has 1 aromatic heterocycles. The summed E-state index contributed by atoms with van der Waals surface area (Å²) >= 11 is 6.31. The molecule has 4 aromatic rings. The molecule has 0 atom stereocenters. The normalized spacial score (nSPS) is 11.3. The van der Waals surface area contributed by atoms with E-state index in [1.807, 2.05) is 44.2 Å². The van der Waals surface area contributed by atoms with Crippen molar-refractivity contribution in [2.45, 2.75) is 26.4 Å². The highest BCUT2D eigenvalue weighted by molar-refractivity contribution is 6.32. The fourth-order valence-corrected chi connectivity index (χ4v) is 3.27. The monoisotopic (exact) mass is 378 g/mol. The molecule has 0 aliphatic heterocycles. The van der Waals surface area contributed by atoms with E-state index in [9.17, 15) is 0 Å². The van der Waals surface area contributed by atoms with E-state index in [0.717, 1.165) is 11.1 Å². The predicted molar refractivity (Wildman–Crippen MR) is 107 cm³/mol. The molecule has 0 amide bonds. The first kappa shape index (κ1) is 17.6. The van der Waals surface area contributed by atoms with Gasteiger partial charge in [0.1, 0.15) is 5.75 Å². The van der Waals surface area contributed by atoms with E-state index in [1.165, 1.54) is 10.8 Å². The van der Waals surface area contributed by atoms with Crippen molar-refractivity contribution >= 4 is 22.4 Å². The van der Waals surface area contributed by atoms with Crippen LogP contribution in [0.2, 0.25) is 5.02 Å². The quantitative estimate of drug-likeness (QED) is 0.432. The van der Waals surface area contributed by atoms with Crippen LogP contribution in [0.3, 0.4) is 0 Å². The third-order valence-corrected chi connectivity index (χ3v) is 4.54. The highest BCUT2D eigenvalue weighted by Crippen LogP contribution is 2.30. The molecular weight excluding hydrogens is 360 g/mol. The van der Waals surface area contributed by atoms with E-state index in [2.05, 4.69) is 34.4 Å². The number of benzene rings is 3. The van der Waals surface area contributed by atoms with Crippen molar-refractivity contribution in [1.29, 1.82) is 0 Å². The van der Waals surface area contributed by atoms with Crippen LogP contribution >= 0.6 is 11.6 Å². The largest absolute Gasteiger partial charge is 0.489 e. The van der Waals surface area contributed by atoms with E-state index in [-0.39, 0.29) is 6.10 Å². The molecule has 3 aromatic carbocycles. The molecule has 0 unspecified atom stereocenters. The first-order valence-electron chi connectivity index (χ1n) is 8.86. The Morgan fingerprint density at radius 2 is 1.85 bits per heavy atom. The van der Waals surface area contributed by atoms with E-state index >= 15 is 0 Å². The topological polar surface area (TPSA) is 48.2 Å². The van der Waals surface area contributed by atoms with E-state index in [0.29, 0.717) is 28.9 Å². The molecule has 0 aliphatic carbocycles. The zero-order chi connectivity index (χ0) is 18.8. The lowest BCUT2D eigenvalue weighted by Gasteiger charge is -2.11. The second-order valence-electron chi connectivity index (χ2n) is 6.64. The van der Waals surface area contributed by atoms with Crippen LogP contribution in [-0.2, 0) is 6.42 Å². The second-order valence-corrected chi connectivity index (χ2v) is 7.05. The molecule has 0 radical (unpaired) electrons.